The second-order valence-electron chi connectivity index (χ2n) is 3.62. The van der Waals surface area contributed by atoms with Gasteiger partial charge in [-0.2, -0.15) is 0 Å². The first-order valence-electron chi connectivity index (χ1n) is 5.27. The number of hydrogen-bond acceptors (Lipinski definition) is 3. The fraction of sp³-hybridized carbons (Fsp3) is 0.231. The molecule has 16 heavy (non-hydrogen) atoms. The summed E-state index contributed by atoms with van der Waals surface area (Å²) in [5.74, 6) is 0.866. The van der Waals surface area contributed by atoms with Gasteiger partial charge in [0.1, 0.15) is 11.9 Å². The van der Waals surface area contributed by atoms with Gasteiger partial charge >= 0.3 is 0 Å². The molecule has 0 amide bonds. The van der Waals surface area contributed by atoms with Crippen molar-refractivity contribution in [2.24, 2.45) is 5.73 Å². The second-order valence-corrected chi connectivity index (χ2v) is 4.57. The van der Waals surface area contributed by atoms with Crippen molar-refractivity contribution in [2.45, 2.75) is 13.0 Å². The zero-order chi connectivity index (χ0) is 11.4. The van der Waals surface area contributed by atoms with Gasteiger partial charge in [-0.25, -0.2) is 0 Å². The summed E-state index contributed by atoms with van der Waals surface area (Å²) < 4.78 is 5.87. The highest BCUT2D eigenvalue weighted by Gasteiger charge is 2.14. The summed E-state index contributed by atoms with van der Waals surface area (Å²) in [6.45, 7) is 2.58. The Labute approximate surface area is 99.7 Å². The van der Waals surface area contributed by atoms with Crippen LogP contribution in [0.4, 0.5) is 0 Å². The normalized spacial score (nSPS) is 12.4. The van der Waals surface area contributed by atoms with Crippen LogP contribution in [0.1, 0.15) is 16.5 Å². The number of nitrogens with two attached hydrogens (primary N) is 1. The minimum Gasteiger partial charge on any atom is -0.484 e. The maximum Gasteiger partial charge on any atom is 0.145 e. The van der Waals surface area contributed by atoms with E-state index in [1.807, 2.05) is 30.3 Å². The van der Waals surface area contributed by atoms with Crippen LogP contribution < -0.4 is 10.5 Å². The summed E-state index contributed by atoms with van der Waals surface area (Å²) in [5, 5.41) is 2.07. The second kappa shape index (κ2) is 5.14. The molecule has 0 aliphatic rings. The molecule has 0 radical (unpaired) electrons. The Morgan fingerprint density at radius 1 is 1.25 bits per heavy atom. The lowest BCUT2D eigenvalue weighted by atomic mass is 10.2. The lowest BCUT2D eigenvalue weighted by Gasteiger charge is -2.17. The predicted octanol–water partition coefficient (Wildman–Crippen LogP) is 3.14. The number of ether oxygens (including phenoxy) is 1. The topological polar surface area (TPSA) is 35.2 Å². The van der Waals surface area contributed by atoms with E-state index in [2.05, 4.69) is 18.4 Å². The Morgan fingerprint density at radius 2 is 2.00 bits per heavy atom. The molecule has 1 aromatic carbocycles. The fourth-order valence-electron chi connectivity index (χ4n) is 1.59. The van der Waals surface area contributed by atoms with Crippen molar-refractivity contribution in [1.82, 2.24) is 0 Å². The summed E-state index contributed by atoms with van der Waals surface area (Å²) >= 11 is 1.70. The van der Waals surface area contributed by atoms with E-state index in [-0.39, 0.29) is 6.10 Å². The number of hydrogen-bond donors (Lipinski definition) is 1. The molecule has 2 N–H and O–H groups in total. The van der Waals surface area contributed by atoms with E-state index >= 15 is 0 Å². The molecule has 0 fully saturated rings. The Hall–Kier alpha value is -1.32. The molecular weight excluding hydrogens is 218 g/mol. The first kappa shape index (κ1) is 11.2. The number of para-hydroxylation sites is 1. The van der Waals surface area contributed by atoms with Crippen molar-refractivity contribution in [1.29, 1.82) is 0 Å². The molecule has 0 saturated carbocycles. The Morgan fingerprint density at radius 3 is 2.56 bits per heavy atom. The van der Waals surface area contributed by atoms with Gasteiger partial charge in [0, 0.05) is 11.4 Å². The van der Waals surface area contributed by atoms with Crippen molar-refractivity contribution in [3.8, 4) is 5.75 Å². The molecule has 1 aromatic heterocycles. The van der Waals surface area contributed by atoms with Crippen LogP contribution in [0.5, 0.6) is 5.75 Å². The Balaban J connectivity index is 2.16. The fourth-order valence-corrected chi connectivity index (χ4v) is 2.56. The third-order valence-corrected chi connectivity index (χ3v) is 3.54. The van der Waals surface area contributed by atoms with E-state index in [4.69, 9.17) is 10.5 Å². The molecule has 2 rings (SSSR count). The molecule has 1 unspecified atom stereocenters. The molecule has 1 atom stereocenters. The smallest absolute Gasteiger partial charge is 0.145 e. The monoisotopic (exact) mass is 233 g/mol. The zero-order valence-corrected chi connectivity index (χ0v) is 10.0. The average molecular weight is 233 g/mol. The van der Waals surface area contributed by atoms with Gasteiger partial charge in [0.2, 0.25) is 0 Å². The molecule has 2 nitrogen and oxygen atoms in total. The average Bonchev–Trinajstić information content (AvgIpc) is 2.74. The maximum absolute atomic E-state index is 5.87. The minimum atomic E-state index is -0.0394. The summed E-state index contributed by atoms with van der Waals surface area (Å²) in [6, 6.07) is 11.9. The molecule has 84 valence electrons. The Bertz CT molecular complexity index is 438. The summed E-state index contributed by atoms with van der Waals surface area (Å²) in [5.41, 5.74) is 7.01. The van der Waals surface area contributed by atoms with Gasteiger partial charge in [0.25, 0.3) is 0 Å². The Kier molecular flexibility index (Phi) is 3.59. The molecule has 0 aliphatic heterocycles. The van der Waals surface area contributed by atoms with Crippen LogP contribution in [-0.2, 0) is 0 Å². The van der Waals surface area contributed by atoms with Crippen LogP contribution in [0.15, 0.2) is 41.8 Å². The molecule has 0 aliphatic carbocycles. The molecule has 2 aromatic rings. The van der Waals surface area contributed by atoms with Gasteiger partial charge in [0.15, 0.2) is 0 Å². The van der Waals surface area contributed by atoms with Gasteiger partial charge in [-0.15, -0.1) is 11.3 Å². The lowest BCUT2D eigenvalue weighted by molar-refractivity contribution is 0.217. The minimum absolute atomic E-state index is 0.0394. The maximum atomic E-state index is 5.87. The third-order valence-electron chi connectivity index (χ3n) is 2.43. The van der Waals surface area contributed by atoms with E-state index in [1.165, 1.54) is 10.4 Å². The number of rotatable bonds is 4. The molecule has 0 spiro atoms. The summed E-state index contributed by atoms with van der Waals surface area (Å²) in [6.07, 6.45) is -0.0394. The van der Waals surface area contributed by atoms with Crippen LogP contribution in [0.3, 0.4) is 0 Å². The van der Waals surface area contributed by atoms with Crippen LogP contribution in [0.25, 0.3) is 0 Å². The van der Waals surface area contributed by atoms with E-state index < -0.39 is 0 Å². The first-order chi connectivity index (χ1) is 7.81. The van der Waals surface area contributed by atoms with Crippen molar-refractivity contribution in [3.63, 3.8) is 0 Å². The quantitative estimate of drug-likeness (QED) is 0.880. The molecule has 0 bridgehead atoms. The number of benzene rings is 1. The van der Waals surface area contributed by atoms with Crippen LogP contribution in [0, 0.1) is 6.92 Å². The summed E-state index contributed by atoms with van der Waals surface area (Å²) in [4.78, 5) is 1.21. The van der Waals surface area contributed by atoms with Gasteiger partial charge in [-0.05, 0) is 36.1 Å². The van der Waals surface area contributed by atoms with E-state index in [0.29, 0.717) is 6.54 Å². The van der Waals surface area contributed by atoms with Crippen molar-refractivity contribution in [3.05, 3.63) is 52.2 Å². The highest BCUT2D eigenvalue weighted by molar-refractivity contribution is 7.10. The highest BCUT2D eigenvalue weighted by atomic mass is 32.1. The molecular formula is C13H15NOS. The van der Waals surface area contributed by atoms with Crippen LogP contribution >= 0.6 is 11.3 Å². The van der Waals surface area contributed by atoms with Gasteiger partial charge < -0.3 is 10.5 Å². The van der Waals surface area contributed by atoms with Gasteiger partial charge in [-0.1, -0.05) is 18.2 Å². The van der Waals surface area contributed by atoms with Crippen LogP contribution in [-0.4, -0.2) is 6.54 Å². The van der Waals surface area contributed by atoms with Crippen molar-refractivity contribution < 1.29 is 4.74 Å². The van der Waals surface area contributed by atoms with Crippen molar-refractivity contribution >= 4 is 11.3 Å². The standard InChI is InChI=1S/C13H15NOS/c1-10-7-8-16-13(10)12(9-14)15-11-5-3-2-4-6-11/h2-8,12H,9,14H2,1H3. The first-order valence-corrected chi connectivity index (χ1v) is 6.15. The van der Waals surface area contributed by atoms with E-state index in [0.717, 1.165) is 5.75 Å². The molecule has 1 heterocycles. The largest absolute Gasteiger partial charge is 0.484 e. The number of thiophene rings is 1. The van der Waals surface area contributed by atoms with Gasteiger partial charge in [0.05, 0.1) is 0 Å². The zero-order valence-electron chi connectivity index (χ0n) is 9.22. The van der Waals surface area contributed by atoms with Gasteiger partial charge in [-0.3, -0.25) is 0 Å². The van der Waals surface area contributed by atoms with Crippen molar-refractivity contribution in [2.75, 3.05) is 6.54 Å². The summed E-state index contributed by atoms with van der Waals surface area (Å²) in [7, 11) is 0. The SMILES string of the molecule is Cc1ccsc1C(CN)Oc1ccccc1. The van der Waals surface area contributed by atoms with Crippen LogP contribution in [0.2, 0.25) is 0 Å². The molecule has 3 heteroatoms. The predicted molar refractivity (Wildman–Crippen MR) is 67.9 cm³/mol. The molecule has 0 saturated heterocycles. The lowest BCUT2D eigenvalue weighted by Crippen LogP contribution is -2.18. The van der Waals surface area contributed by atoms with E-state index in [1.54, 1.807) is 11.3 Å². The third kappa shape index (κ3) is 2.43. The van der Waals surface area contributed by atoms with E-state index in [9.17, 15) is 0 Å². The number of aryl methyl sites for hydroxylation is 1. The highest BCUT2D eigenvalue weighted by Crippen LogP contribution is 2.27.